The van der Waals surface area contributed by atoms with Gasteiger partial charge in [0.05, 0.1) is 0 Å². The number of urea groups is 1. The molecule has 0 aliphatic rings. The Balaban J connectivity index is 1.58. The van der Waals surface area contributed by atoms with E-state index in [4.69, 9.17) is 0 Å². The van der Waals surface area contributed by atoms with Crippen molar-refractivity contribution in [2.75, 3.05) is 11.9 Å². The number of rotatable bonds is 6. The number of hydrogen-bond acceptors (Lipinski definition) is 2. The van der Waals surface area contributed by atoms with Gasteiger partial charge in [0, 0.05) is 60.7 Å². The summed E-state index contributed by atoms with van der Waals surface area (Å²) in [6.07, 6.45) is 4.61. The highest BCUT2D eigenvalue weighted by Gasteiger charge is 2.07. The highest BCUT2D eigenvalue weighted by molar-refractivity contribution is 5.93. The maximum absolute atomic E-state index is 12.1. The third-order valence-electron chi connectivity index (χ3n) is 4.44. The molecule has 6 heteroatoms. The summed E-state index contributed by atoms with van der Waals surface area (Å²) >= 11 is 0. The lowest BCUT2D eigenvalue weighted by Gasteiger charge is -2.10. The fraction of sp³-hybridized carbons (Fsp3) is 0.368. The summed E-state index contributed by atoms with van der Waals surface area (Å²) in [5, 5.41) is 6.94. The van der Waals surface area contributed by atoms with Crippen LogP contribution in [0, 0.1) is 6.92 Å². The quantitative estimate of drug-likeness (QED) is 0.721. The number of fused-ring (bicyclic) bond motifs is 1. The molecule has 3 aromatic rings. The third-order valence-corrected chi connectivity index (χ3v) is 4.44. The summed E-state index contributed by atoms with van der Waals surface area (Å²) in [5.41, 5.74) is 3.22. The van der Waals surface area contributed by atoms with Crippen molar-refractivity contribution in [2.24, 2.45) is 0 Å². The molecule has 0 aliphatic heterocycles. The first kappa shape index (κ1) is 17.1. The summed E-state index contributed by atoms with van der Waals surface area (Å²) < 4.78 is 4.32. The van der Waals surface area contributed by atoms with Crippen LogP contribution in [0.2, 0.25) is 0 Å². The molecule has 3 rings (SSSR count). The minimum absolute atomic E-state index is 0.191. The predicted octanol–water partition coefficient (Wildman–Crippen LogP) is 3.55. The number of amides is 2. The van der Waals surface area contributed by atoms with Crippen LogP contribution in [0.4, 0.5) is 10.5 Å². The van der Waals surface area contributed by atoms with E-state index in [0.717, 1.165) is 29.9 Å². The third kappa shape index (κ3) is 3.68. The Morgan fingerprint density at radius 2 is 2.08 bits per heavy atom. The van der Waals surface area contributed by atoms with Gasteiger partial charge in [-0.1, -0.05) is 6.92 Å². The number of hydrogen-bond donors (Lipinski definition) is 2. The van der Waals surface area contributed by atoms with E-state index >= 15 is 0 Å². The van der Waals surface area contributed by atoms with E-state index in [1.54, 1.807) is 6.20 Å². The minimum Gasteiger partial charge on any atom is -0.345 e. The first-order valence-corrected chi connectivity index (χ1v) is 8.77. The van der Waals surface area contributed by atoms with Gasteiger partial charge in [0.15, 0.2) is 0 Å². The van der Waals surface area contributed by atoms with E-state index in [0.29, 0.717) is 13.1 Å². The van der Waals surface area contributed by atoms with Gasteiger partial charge in [-0.15, -0.1) is 0 Å². The number of anilines is 1. The minimum atomic E-state index is -0.191. The number of carbonyl (C=O) groups excluding carboxylic acids is 1. The molecule has 0 saturated carbocycles. The number of aromatic nitrogens is 3. The monoisotopic (exact) mass is 339 g/mol. The maximum Gasteiger partial charge on any atom is 0.319 e. The van der Waals surface area contributed by atoms with Gasteiger partial charge in [-0.05, 0) is 38.1 Å². The average molecular weight is 339 g/mol. The normalized spacial score (nSPS) is 11.0. The Kier molecular flexibility index (Phi) is 5.07. The van der Waals surface area contributed by atoms with Crippen LogP contribution in [0.15, 0.2) is 36.7 Å². The maximum atomic E-state index is 12.1. The van der Waals surface area contributed by atoms with Crippen LogP contribution in [0.25, 0.3) is 10.9 Å². The van der Waals surface area contributed by atoms with E-state index in [-0.39, 0.29) is 6.03 Å². The van der Waals surface area contributed by atoms with Crippen molar-refractivity contribution in [3.63, 3.8) is 0 Å². The molecule has 2 amide bonds. The van der Waals surface area contributed by atoms with E-state index in [1.807, 2.05) is 18.3 Å². The zero-order chi connectivity index (χ0) is 17.8. The second-order valence-electron chi connectivity index (χ2n) is 6.07. The Morgan fingerprint density at radius 3 is 2.84 bits per heavy atom. The molecule has 2 N–H and O–H groups in total. The van der Waals surface area contributed by atoms with Crippen LogP contribution in [0.3, 0.4) is 0 Å². The molecule has 0 atom stereocenters. The van der Waals surface area contributed by atoms with Crippen LogP contribution < -0.4 is 10.6 Å². The number of imidazole rings is 1. The van der Waals surface area contributed by atoms with Gasteiger partial charge in [-0.25, -0.2) is 9.78 Å². The summed E-state index contributed by atoms with van der Waals surface area (Å²) in [6, 6.07) is 7.97. The van der Waals surface area contributed by atoms with Gasteiger partial charge in [0.2, 0.25) is 0 Å². The smallest absolute Gasteiger partial charge is 0.319 e. The number of aryl methyl sites for hydroxylation is 3. The molecule has 0 radical (unpaired) electrons. The van der Waals surface area contributed by atoms with Crippen LogP contribution >= 0.6 is 0 Å². The molecule has 0 unspecified atom stereocenters. The second kappa shape index (κ2) is 7.42. The summed E-state index contributed by atoms with van der Waals surface area (Å²) in [6.45, 7) is 8.52. The van der Waals surface area contributed by atoms with Gasteiger partial charge in [0.25, 0.3) is 0 Å². The topological polar surface area (TPSA) is 63.9 Å². The number of nitrogens with one attached hydrogen (secondary N) is 2. The highest BCUT2D eigenvalue weighted by atomic mass is 16.2. The van der Waals surface area contributed by atoms with Gasteiger partial charge >= 0.3 is 6.03 Å². The number of benzene rings is 1. The molecule has 6 nitrogen and oxygen atoms in total. The van der Waals surface area contributed by atoms with E-state index in [1.165, 1.54) is 11.2 Å². The fourth-order valence-corrected chi connectivity index (χ4v) is 3.23. The van der Waals surface area contributed by atoms with Crippen LogP contribution in [0.1, 0.15) is 25.4 Å². The van der Waals surface area contributed by atoms with Gasteiger partial charge in [0.1, 0.15) is 5.82 Å². The molecule has 0 fully saturated rings. The van der Waals surface area contributed by atoms with Gasteiger partial charge in [-0.2, -0.15) is 0 Å². The van der Waals surface area contributed by atoms with E-state index in [2.05, 4.69) is 57.7 Å². The lowest BCUT2D eigenvalue weighted by molar-refractivity contribution is 0.251. The van der Waals surface area contributed by atoms with Crippen molar-refractivity contribution >= 4 is 22.6 Å². The fourth-order valence-electron chi connectivity index (χ4n) is 3.23. The Bertz CT molecular complexity index is 877. The molecule has 132 valence electrons. The lowest BCUT2D eigenvalue weighted by Crippen LogP contribution is -2.31. The van der Waals surface area contributed by atoms with Gasteiger partial charge < -0.3 is 19.8 Å². The molecule has 2 heterocycles. The number of carbonyl (C=O) groups is 1. The molecule has 0 spiro atoms. The Morgan fingerprint density at radius 1 is 1.24 bits per heavy atom. The van der Waals surface area contributed by atoms with Crippen LogP contribution in [-0.4, -0.2) is 26.7 Å². The lowest BCUT2D eigenvalue weighted by atomic mass is 10.2. The van der Waals surface area contributed by atoms with Crippen molar-refractivity contribution < 1.29 is 4.79 Å². The molecule has 0 aliphatic carbocycles. The van der Waals surface area contributed by atoms with E-state index < -0.39 is 0 Å². The predicted molar refractivity (Wildman–Crippen MR) is 101 cm³/mol. The molecule has 2 aromatic heterocycles. The largest absolute Gasteiger partial charge is 0.345 e. The Labute approximate surface area is 147 Å². The average Bonchev–Trinajstić information content (AvgIpc) is 3.17. The first-order chi connectivity index (χ1) is 12.1. The van der Waals surface area contributed by atoms with E-state index in [9.17, 15) is 4.79 Å². The first-order valence-electron chi connectivity index (χ1n) is 8.77. The molecule has 1 aromatic carbocycles. The molecule has 0 saturated heterocycles. The van der Waals surface area contributed by atoms with Crippen molar-refractivity contribution in [3.05, 3.63) is 48.2 Å². The molecule has 25 heavy (non-hydrogen) atoms. The number of nitrogens with zero attached hydrogens (tertiary/aromatic N) is 3. The molecular formula is C19H25N5O. The zero-order valence-corrected chi connectivity index (χ0v) is 15.0. The van der Waals surface area contributed by atoms with Crippen molar-refractivity contribution in [2.45, 2.75) is 40.3 Å². The molecule has 0 bridgehead atoms. The SMILES string of the molecule is CCc1nccn1CCNC(=O)Nc1ccc2c(c1)cc(C)n2CC. The van der Waals surface area contributed by atoms with Crippen molar-refractivity contribution in [1.29, 1.82) is 0 Å². The molecular weight excluding hydrogens is 314 g/mol. The summed E-state index contributed by atoms with van der Waals surface area (Å²) in [4.78, 5) is 16.4. The standard InChI is InChI=1S/C19H25N5O/c1-4-18-20-8-10-23(18)11-9-21-19(25)22-16-6-7-17-15(13-16)12-14(3)24(17)5-2/h6-8,10,12-13H,4-5,9,11H2,1-3H3,(H2,21,22,25). The van der Waals surface area contributed by atoms with Crippen LogP contribution in [-0.2, 0) is 19.5 Å². The highest BCUT2D eigenvalue weighted by Crippen LogP contribution is 2.23. The van der Waals surface area contributed by atoms with Gasteiger partial charge in [-0.3, -0.25) is 0 Å². The second-order valence-corrected chi connectivity index (χ2v) is 6.07. The van der Waals surface area contributed by atoms with Crippen LogP contribution in [0.5, 0.6) is 0 Å². The summed E-state index contributed by atoms with van der Waals surface area (Å²) in [7, 11) is 0. The summed E-state index contributed by atoms with van der Waals surface area (Å²) in [5.74, 6) is 1.03. The zero-order valence-electron chi connectivity index (χ0n) is 15.0. The van der Waals surface area contributed by atoms with Crippen molar-refractivity contribution in [1.82, 2.24) is 19.4 Å². The van der Waals surface area contributed by atoms with Crippen molar-refractivity contribution in [3.8, 4) is 0 Å². The Hall–Kier alpha value is -2.76.